The van der Waals surface area contributed by atoms with Crippen LogP contribution in [0.4, 0.5) is 0 Å². The Balaban J connectivity index is 2.75. The number of aromatic nitrogens is 2. The van der Waals surface area contributed by atoms with Crippen LogP contribution in [-0.4, -0.2) is 16.9 Å². The highest BCUT2D eigenvalue weighted by Crippen LogP contribution is 2.31. The Morgan fingerprint density at radius 3 is 2.73 bits per heavy atom. The fourth-order valence-electron chi connectivity index (χ4n) is 1.57. The molecule has 0 fully saturated rings. The number of halogens is 1. The lowest BCUT2D eigenvalue weighted by Crippen LogP contribution is -2.02. The second-order valence-electron chi connectivity index (χ2n) is 3.69. The number of benzene rings is 1. The number of fused-ring (bicyclic) bond motifs is 1. The Kier molecular flexibility index (Phi) is 2.57. The minimum absolute atomic E-state index is 0.245. The molecule has 0 unspecified atom stereocenters. The molecule has 3 nitrogen and oxygen atoms in total. The van der Waals surface area contributed by atoms with E-state index in [0.717, 1.165) is 16.7 Å². The van der Waals surface area contributed by atoms with Gasteiger partial charge >= 0.3 is 0 Å². The van der Waals surface area contributed by atoms with Crippen LogP contribution in [0, 0.1) is 0 Å². The van der Waals surface area contributed by atoms with E-state index >= 15 is 0 Å². The van der Waals surface area contributed by atoms with E-state index in [0.29, 0.717) is 5.15 Å². The minimum Gasteiger partial charge on any atom is -0.494 e. The molecule has 4 heteroatoms. The molecule has 0 saturated heterocycles. The van der Waals surface area contributed by atoms with Gasteiger partial charge in [-0.2, -0.15) is 5.10 Å². The maximum Gasteiger partial charge on any atom is 0.147 e. The second kappa shape index (κ2) is 3.74. The van der Waals surface area contributed by atoms with E-state index in [1.165, 1.54) is 0 Å². The van der Waals surface area contributed by atoms with Gasteiger partial charge < -0.3 is 4.74 Å². The van der Waals surface area contributed by atoms with Crippen LogP contribution in [0.2, 0.25) is 5.15 Å². The molecule has 0 bridgehead atoms. The first-order chi connectivity index (χ1) is 7.15. The van der Waals surface area contributed by atoms with Gasteiger partial charge in [-0.25, -0.2) is 0 Å². The first kappa shape index (κ1) is 10.3. The van der Waals surface area contributed by atoms with Crippen LogP contribution in [0.15, 0.2) is 18.2 Å². The van der Waals surface area contributed by atoms with Crippen LogP contribution in [0.25, 0.3) is 10.9 Å². The van der Waals surface area contributed by atoms with Gasteiger partial charge in [0.2, 0.25) is 0 Å². The molecule has 0 spiro atoms. The summed E-state index contributed by atoms with van der Waals surface area (Å²) in [5.41, 5.74) is 0.818. The molecule has 15 heavy (non-hydrogen) atoms. The average Bonchev–Trinajstić information content (AvgIpc) is 2.56. The fourth-order valence-corrected chi connectivity index (χ4v) is 1.96. The summed E-state index contributed by atoms with van der Waals surface area (Å²) in [5, 5.41) is 6.04. The Morgan fingerprint density at radius 1 is 1.40 bits per heavy atom. The number of methoxy groups -OCH3 is 1. The first-order valence-corrected chi connectivity index (χ1v) is 5.23. The molecule has 0 N–H and O–H groups in total. The predicted octanol–water partition coefficient (Wildman–Crippen LogP) is 3.28. The maximum absolute atomic E-state index is 6.23. The highest BCUT2D eigenvalue weighted by atomic mass is 35.5. The van der Waals surface area contributed by atoms with E-state index in [1.807, 2.05) is 32.0 Å². The lowest BCUT2D eigenvalue weighted by molar-refractivity contribution is 0.417. The summed E-state index contributed by atoms with van der Waals surface area (Å²) in [7, 11) is 1.64. The maximum atomic E-state index is 6.23. The topological polar surface area (TPSA) is 27.1 Å². The third-order valence-corrected chi connectivity index (χ3v) is 2.72. The van der Waals surface area contributed by atoms with Gasteiger partial charge in [0.15, 0.2) is 0 Å². The van der Waals surface area contributed by atoms with Crippen LogP contribution in [0.5, 0.6) is 5.75 Å². The van der Waals surface area contributed by atoms with Crippen molar-refractivity contribution in [3.05, 3.63) is 23.4 Å². The van der Waals surface area contributed by atoms with Gasteiger partial charge in [0.05, 0.1) is 7.11 Å². The van der Waals surface area contributed by atoms with Gasteiger partial charge in [-0.05, 0) is 26.0 Å². The molecule has 0 aliphatic carbocycles. The van der Waals surface area contributed by atoms with Gasteiger partial charge in [0.1, 0.15) is 16.4 Å². The molecule has 0 aliphatic rings. The highest BCUT2D eigenvalue weighted by molar-refractivity contribution is 6.34. The van der Waals surface area contributed by atoms with Crippen molar-refractivity contribution in [2.75, 3.05) is 7.11 Å². The quantitative estimate of drug-likeness (QED) is 0.783. The third kappa shape index (κ3) is 1.57. The number of ether oxygens (including phenoxy) is 1. The summed E-state index contributed by atoms with van der Waals surface area (Å²) in [6.07, 6.45) is 0. The van der Waals surface area contributed by atoms with Gasteiger partial charge in [0, 0.05) is 11.4 Å². The smallest absolute Gasteiger partial charge is 0.147 e. The monoisotopic (exact) mass is 224 g/mol. The zero-order chi connectivity index (χ0) is 11.0. The summed E-state index contributed by atoms with van der Waals surface area (Å²) in [6, 6.07) is 6.00. The lowest BCUT2D eigenvalue weighted by Gasteiger charge is -2.05. The van der Waals surface area contributed by atoms with Crippen molar-refractivity contribution < 1.29 is 4.74 Å². The summed E-state index contributed by atoms with van der Waals surface area (Å²) in [6.45, 7) is 4.09. The fraction of sp³-hybridized carbons (Fsp3) is 0.364. The molecule has 2 aromatic rings. The zero-order valence-electron chi connectivity index (χ0n) is 8.99. The van der Waals surface area contributed by atoms with Crippen LogP contribution < -0.4 is 4.74 Å². The van der Waals surface area contributed by atoms with Crippen molar-refractivity contribution in [1.82, 2.24) is 9.78 Å². The van der Waals surface area contributed by atoms with Crippen LogP contribution in [0.1, 0.15) is 19.9 Å². The lowest BCUT2D eigenvalue weighted by atomic mass is 10.2. The highest BCUT2D eigenvalue weighted by Gasteiger charge is 2.13. The standard InChI is InChI=1S/C11H13ClN2O/c1-7(2)14-11(12)8-5-4-6-9(15-3)10(8)13-14/h4-7H,1-3H3. The van der Waals surface area contributed by atoms with Gasteiger partial charge in [-0.1, -0.05) is 17.7 Å². The molecule has 2 rings (SSSR count). The van der Waals surface area contributed by atoms with E-state index in [-0.39, 0.29) is 6.04 Å². The molecule has 0 atom stereocenters. The Bertz CT molecular complexity index is 491. The molecule has 0 aliphatic heterocycles. The largest absolute Gasteiger partial charge is 0.494 e. The van der Waals surface area contributed by atoms with Crippen molar-refractivity contribution in [2.24, 2.45) is 0 Å². The molecular formula is C11H13ClN2O. The van der Waals surface area contributed by atoms with Crippen molar-refractivity contribution in [3.63, 3.8) is 0 Å². The van der Waals surface area contributed by atoms with E-state index < -0.39 is 0 Å². The normalized spacial score (nSPS) is 11.3. The van der Waals surface area contributed by atoms with Crippen molar-refractivity contribution in [2.45, 2.75) is 19.9 Å². The van der Waals surface area contributed by atoms with E-state index in [9.17, 15) is 0 Å². The van der Waals surface area contributed by atoms with E-state index in [4.69, 9.17) is 16.3 Å². The van der Waals surface area contributed by atoms with Crippen molar-refractivity contribution in [1.29, 1.82) is 0 Å². The Labute approximate surface area is 93.6 Å². The van der Waals surface area contributed by atoms with Crippen LogP contribution in [-0.2, 0) is 0 Å². The predicted molar refractivity (Wildman–Crippen MR) is 61.7 cm³/mol. The summed E-state index contributed by atoms with van der Waals surface area (Å²) >= 11 is 6.23. The van der Waals surface area contributed by atoms with Gasteiger partial charge in [-0.3, -0.25) is 4.68 Å². The summed E-state index contributed by atoms with van der Waals surface area (Å²) in [4.78, 5) is 0. The number of rotatable bonds is 2. The molecular weight excluding hydrogens is 212 g/mol. The molecule has 0 saturated carbocycles. The summed E-state index contributed by atoms with van der Waals surface area (Å²) in [5.74, 6) is 0.758. The number of hydrogen-bond donors (Lipinski definition) is 0. The zero-order valence-corrected chi connectivity index (χ0v) is 9.75. The van der Waals surface area contributed by atoms with Crippen molar-refractivity contribution in [3.8, 4) is 5.75 Å². The molecule has 1 heterocycles. The third-order valence-electron chi connectivity index (χ3n) is 2.34. The summed E-state index contributed by atoms with van der Waals surface area (Å²) < 4.78 is 7.04. The van der Waals surface area contributed by atoms with Gasteiger partial charge in [0.25, 0.3) is 0 Å². The molecule has 1 aromatic heterocycles. The van der Waals surface area contributed by atoms with Crippen LogP contribution >= 0.6 is 11.6 Å². The second-order valence-corrected chi connectivity index (χ2v) is 4.04. The van der Waals surface area contributed by atoms with Gasteiger partial charge in [-0.15, -0.1) is 0 Å². The molecule has 1 aromatic carbocycles. The number of hydrogen-bond acceptors (Lipinski definition) is 2. The molecule has 0 amide bonds. The van der Waals surface area contributed by atoms with Crippen LogP contribution in [0.3, 0.4) is 0 Å². The first-order valence-electron chi connectivity index (χ1n) is 4.86. The Morgan fingerprint density at radius 2 is 2.13 bits per heavy atom. The van der Waals surface area contributed by atoms with E-state index in [1.54, 1.807) is 11.8 Å². The average molecular weight is 225 g/mol. The molecule has 0 radical (unpaired) electrons. The Hall–Kier alpha value is -1.22. The minimum atomic E-state index is 0.245. The molecule has 80 valence electrons. The van der Waals surface area contributed by atoms with Crippen molar-refractivity contribution >= 4 is 22.5 Å². The van der Waals surface area contributed by atoms with E-state index in [2.05, 4.69) is 5.10 Å². The number of nitrogens with zero attached hydrogens (tertiary/aromatic N) is 2. The SMILES string of the molecule is COc1cccc2c(Cl)n(C(C)C)nc12.